The Bertz CT molecular complexity index is 1030. The summed E-state index contributed by atoms with van der Waals surface area (Å²) in [6, 6.07) is 5.94. The first-order valence-electron chi connectivity index (χ1n) is 10.7. The van der Waals surface area contributed by atoms with E-state index in [4.69, 9.17) is 26.7 Å². The van der Waals surface area contributed by atoms with Crippen LogP contribution >= 0.6 is 11.6 Å². The van der Waals surface area contributed by atoms with Crippen molar-refractivity contribution in [3.8, 4) is 0 Å². The van der Waals surface area contributed by atoms with Crippen LogP contribution in [0.1, 0.15) is 32.3 Å². The molecule has 1 aliphatic rings. The summed E-state index contributed by atoms with van der Waals surface area (Å²) >= 11 is 6.37. The van der Waals surface area contributed by atoms with Crippen molar-refractivity contribution in [3.63, 3.8) is 0 Å². The number of rotatable bonds is 10. The van der Waals surface area contributed by atoms with Crippen molar-refractivity contribution in [1.82, 2.24) is 14.4 Å². The minimum atomic E-state index is -1.38. The summed E-state index contributed by atoms with van der Waals surface area (Å²) in [7, 11) is 4.97. The van der Waals surface area contributed by atoms with Crippen molar-refractivity contribution in [1.29, 1.82) is 0 Å². The molecule has 1 saturated carbocycles. The number of ether oxygens (including phenoxy) is 2. The zero-order valence-electron chi connectivity index (χ0n) is 20.1. The third-order valence-electron chi connectivity index (χ3n) is 4.98. The molecule has 1 fully saturated rings. The number of azide groups is 1. The predicted octanol–water partition coefficient (Wildman–Crippen LogP) is 4.72. The van der Waals surface area contributed by atoms with E-state index < -0.39 is 11.9 Å². The quantitative estimate of drug-likeness (QED) is 0.118. The van der Waals surface area contributed by atoms with Crippen LogP contribution in [0.25, 0.3) is 21.3 Å². The number of fused-ring (bicyclic) bond motifs is 1. The van der Waals surface area contributed by atoms with Crippen molar-refractivity contribution in [2.75, 3.05) is 27.8 Å². The van der Waals surface area contributed by atoms with E-state index in [-0.39, 0.29) is 6.04 Å². The maximum absolute atomic E-state index is 12.8. The van der Waals surface area contributed by atoms with Gasteiger partial charge >= 0.3 is 6.09 Å². The number of benzene rings is 1. The minimum absolute atomic E-state index is 0.0927. The third-order valence-corrected chi connectivity index (χ3v) is 5.28. The van der Waals surface area contributed by atoms with Crippen LogP contribution in [0.4, 0.5) is 4.79 Å². The number of amides is 2. The van der Waals surface area contributed by atoms with Crippen molar-refractivity contribution in [2.24, 2.45) is 5.28 Å². The molecule has 2 aromatic rings. The number of hydrogen-bond donors (Lipinski definition) is 0. The van der Waals surface area contributed by atoms with Gasteiger partial charge in [-0.3, -0.25) is 4.79 Å². The Hall–Kier alpha value is -3.14. The Morgan fingerprint density at radius 2 is 2.06 bits per heavy atom. The Labute approximate surface area is 203 Å². The molecule has 0 unspecified atom stereocenters. The van der Waals surface area contributed by atoms with Crippen LogP contribution in [0, 0.1) is 0 Å². The van der Waals surface area contributed by atoms with E-state index in [0.717, 1.165) is 35.7 Å². The lowest BCUT2D eigenvalue weighted by atomic mass is 10.1. The number of methoxy groups -OCH3 is 1. The van der Waals surface area contributed by atoms with Crippen LogP contribution in [-0.4, -0.2) is 66.5 Å². The molecule has 34 heavy (non-hydrogen) atoms. The lowest BCUT2D eigenvalue weighted by molar-refractivity contribution is -0.184. The van der Waals surface area contributed by atoms with Crippen LogP contribution in [0.5, 0.6) is 0 Å². The Kier molecular flexibility index (Phi) is 9.85. The van der Waals surface area contributed by atoms with Crippen LogP contribution in [-0.2, 0) is 32.2 Å². The summed E-state index contributed by atoms with van der Waals surface area (Å²) in [6.07, 6.45) is 3.88. The molecule has 3 rings (SSSR count). The van der Waals surface area contributed by atoms with Gasteiger partial charge in [-0.05, 0) is 30.0 Å². The van der Waals surface area contributed by atoms with Gasteiger partial charge in [0.2, 0.25) is 6.41 Å². The van der Waals surface area contributed by atoms with Crippen molar-refractivity contribution in [2.45, 2.75) is 51.6 Å². The predicted molar refractivity (Wildman–Crippen MR) is 128 cm³/mol. The van der Waals surface area contributed by atoms with Crippen molar-refractivity contribution >= 4 is 35.0 Å². The van der Waals surface area contributed by atoms with E-state index in [1.165, 1.54) is 13.8 Å². The fourth-order valence-corrected chi connectivity index (χ4v) is 3.50. The topological polar surface area (TPSA) is 122 Å². The molecule has 186 valence electrons. The molecule has 0 radical (unpaired) electrons. The molecule has 12 heteroatoms. The second-order valence-corrected chi connectivity index (χ2v) is 8.81. The summed E-state index contributed by atoms with van der Waals surface area (Å²) < 4.78 is 11.7. The van der Waals surface area contributed by atoms with Gasteiger partial charge in [0.15, 0.2) is 0 Å². The zero-order chi connectivity index (χ0) is 25.3. The molecule has 1 aromatic heterocycles. The van der Waals surface area contributed by atoms with Gasteiger partial charge in [-0.15, -0.1) is 0 Å². The number of hydrogen-bond acceptors (Lipinski definition) is 6. The Morgan fingerprint density at radius 1 is 1.38 bits per heavy atom. The first-order chi connectivity index (χ1) is 16.1. The molecule has 0 spiro atoms. The Balaban J connectivity index is 0.00000129. The molecule has 0 bridgehead atoms. The zero-order valence-corrected chi connectivity index (χ0v) is 20.9. The minimum Gasteiger partial charge on any atom is -0.406 e. The number of halogens is 1. The average Bonchev–Trinajstić information content (AvgIpc) is 3.58. The highest BCUT2D eigenvalue weighted by molar-refractivity contribution is 6.35. The molecule has 0 N–H and O–H groups in total. The number of nitrogens with zero attached hydrogens (tertiary/aromatic N) is 6. The SMILES string of the molecule is CN(C=O)CCn1cc(Cl)c2ccc(CN(C(=O)OC(C)(C)ON=[N+]=[N-])C3CC3)cc21.COC. The largest absolute Gasteiger partial charge is 0.413 e. The summed E-state index contributed by atoms with van der Waals surface area (Å²) in [6.45, 7) is 4.51. The van der Waals surface area contributed by atoms with Gasteiger partial charge in [0.05, 0.1) is 5.02 Å². The molecule has 1 aliphatic carbocycles. The smallest absolute Gasteiger partial charge is 0.406 e. The van der Waals surface area contributed by atoms with Crippen LogP contribution in [0.2, 0.25) is 5.02 Å². The van der Waals surface area contributed by atoms with E-state index in [2.05, 4.69) is 14.9 Å². The lowest BCUT2D eigenvalue weighted by Crippen LogP contribution is -2.39. The first kappa shape index (κ1) is 27.1. The standard InChI is InChI=1S/C20H25ClN6O4.C2H6O/c1-20(2,31-24-23-22)30-19(29)27(15-5-6-15)11-14-4-7-16-17(21)12-26(18(16)10-14)9-8-25(3)13-28;1-3-2/h4,7,10,12-13,15H,5-6,8-9,11H2,1-3H3;1-2H3. The molecule has 1 aromatic carbocycles. The normalized spacial score (nSPS) is 12.8. The highest BCUT2D eigenvalue weighted by Crippen LogP contribution is 2.32. The molecule has 1 heterocycles. The fraction of sp³-hybridized carbons (Fsp3) is 0.545. The van der Waals surface area contributed by atoms with Gasteiger partial charge in [0, 0.05) is 82.8 Å². The molecule has 2 amide bonds. The number of carbonyl (C=O) groups excluding carboxylic acids is 2. The number of carbonyl (C=O) groups is 2. The van der Waals surface area contributed by atoms with Crippen LogP contribution in [0.15, 0.2) is 29.7 Å². The lowest BCUT2D eigenvalue weighted by Gasteiger charge is -2.28. The van der Waals surface area contributed by atoms with Crippen LogP contribution in [0.3, 0.4) is 0 Å². The Morgan fingerprint density at radius 3 is 2.65 bits per heavy atom. The van der Waals surface area contributed by atoms with Gasteiger partial charge < -0.3 is 28.7 Å². The molecule has 0 aliphatic heterocycles. The highest BCUT2D eigenvalue weighted by atomic mass is 35.5. The maximum Gasteiger partial charge on any atom is 0.413 e. The molecule has 11 nitrogen and oxygen atoms in total. The molecular weight excluding hydrogens is 464 g/mol. The van der Waals surface area contributed by atoms with E-state index in [1.807, 2.05) is 29.0 Å². The molecule has 0 atom stereocenters. The van der Waals surface area contributed by atoms with Gasteiger partial charge in [0.25, 0.3) is 5.79 Å². The molecule has 0 saturated heterocycles. The summed E-state index contributed by atoms with van der Waals surface area (Å²) in [4.78, 5) is 34.3. The second-order valence-electron chi connectivity index (χ2n) is 8.41. The van der Waals surface area contributed by atoms with Gasteiger partial charge in [-0.1, -0.05) is 23.7 Å². The van der Waals surface area contributed by atoms with E-state index >= 15 is 0 Å². The summed E-state index contributed by atoms with van der Waals surface area (Å²) in [5, 5.41) is 4.56. The summed E-state index contributed by atoms with van der Waals surface area (Å²) in [5.74, 6) is -1.38. The molecular formula is C22H31ClN6O5. The van der Waals surface area contributed by atoms with Crippen LogP contribution < -0.4 is 0 Å². The monoisotopic (exact) mass is 494 g/mol. The fourth-order valence-electron chi connectivity index (χ4n) is 3.22. The second kappa shape index (κ2) is 12.4. The summed E-state index contributed by atoms with van der Waals surface area (Å²) in [5.41, 5.74) is 10.3. The van der Waals surface area contributed by atoms with Gasteiger partial charge in [-0.25, -0.2) is 4.79 Å². The van der Waals surface area contributed by atoms with E-state index in [1.54, 1.807) is 31.1 Å². The van der Waals surface area contributed by atoms with Gasteiger partial charge in [0.1, 0.15) is 5.28 Å². The maximum atomic E-state index is 12.8. The first-order valence-corrected chi connectivity index (χ1v) is 11.1. The van der Waals surface area contributed by atoms with E-state index in [0.29, 0.717) is 24.7 Å². The highest BCUT2D eigenvalue weighted by Gasteiger charge is 2.36. The van der Waals surface area contributed by atoms with Gasteiger partial charge in [-0.2, -0.15) is 0 Å². The van der Waals surface area contributed by atoms with E-state index in [9.17, 15) is 9.59 Å². The van der Waals surface area contributed by atoms with Crippen molar-refractivity contribution in [3.05, 3.63) is 45.4 Å². The number of aromatic nitrogens is 1. The average molecular weight is 495 g/mol. The third kappa shape index (κ3) is 7.72. The van der Waals surface area contributed by atoms with Crippen molar-refractivity contribution < 1.29 is 23.9 Å². The number of likely N-dealkylation sites (N-methyl/N-ethyl adjacent to an activating group) is 1.